The molecule has 1 heterocycles. The maximum Gasteiger partial charge on any atom is 0.132 e. The van der Waals surface area contributed by atoms with Gasteiger partial charge in [-0.15, -0.1) is 0 Å². The second-order valence-corrected chi connectivity index (χ2v) is 6.11. The van der Waals surface area contributed by atoms with Crippen molar-refractivity contribution < 1.29 is 9.47 Å². The van der Waals surface area contributed by atoms with Gasteiger partial charge < -0.3 is 9.47 Å². The summed E-state index contributed by atoms with van der Waals surface area (Å²) < 4.78 is 11.3. The van der Waals surface area contributed by atoms with E-state index in [2.05, 4.69) is 17.6 Å². The van der Waals surface area contributed by atoms with Gasteiger partial charge in [-0.05, 0) is 29.8 Å². The summed E-state index contributed by atoms with van der Waals surface area (Å²) in [7, 11) is 1.66. The fraction of sp³-hybridized carbons (Fsp3) is 0.136. The molecule has 0 fully saturated rings. The van der Waals surface area contributed by atoms with E-state index in [1.54, 1.807) is 7.11 Å². The Kier molecular flexibility index (Phi) is 4.56. The Hall–Kier alpha value is -3.27. The van der Waals surface area contributed by atoms with Crippen LogP contribution in [0.1, 0.15) is 17.0 Å². The number of hydrazone groups is 1. The predicted molar refractivity (Wildman–Crippen MR) is 104 cm³/mol. The van der Waals surface area contributed by atoms with Crippen LogP contribution in [0.3, 0.4) is 0 Å². The molecule has 1 N–H and O–H groups in total. The molecule has 0 saturated carbocycles. The summed E-state index contributed by atoms with van der Waals surface area (Å²) in [4.78, 5) is 0. The molecule has 3 aromatic rings. The van der Waals surface area contributed by atoms with Gasteiger partial charge in [-0.25, -0.2) is 0 Å². The Morgan fingerprint density at radius 3 is 2.42 bits per heavy atom. The zero-order chi connectivity index (χ0) is 17.8. The minimum absolute atomic E-state index is 0.0632. The smallest absolute Gasteiger partial charge is 0.132 e. The third kappa shape index (κ3) is 3.26. The summed E-state index contributed by atoms with van der Waals surface area (Å²) in [6.07, 6.45) is 0. The Balaban J connectivity index is 1.75. The van der Waals surface area contributed by atoms with E-state index in [0.29, 0.717) is 6.61 Å². The second-order valence-electron chi connectivity index (χ2n) is 6.11. The van der Waals surface area contributed by atoms with Gasteiger partial charge in [0.25, 0.3) is 0 Å². The van der Waals surface area contributed by atoms with Gasteiger partial charge in [-0.1, -0.05) is 48.5 Å². The van der Waals surface area contributed by atoms with Crippen LogP contribution in [0.15, 0.2) is 84.0 Å². The van der Waals surface area contributed by atoms with Crippen LogP contribution in [-0.2, 0) is 0 Å². The van der Waals surface area contributed by atoms with E-state index in [0.717, 1.165) is 28.5 Å². The van der Waals surface area contributed by atoms with Crippen LogP contribution in [0.4, 0.5) is 5.69 Å². The Morgan fingerprint density at radius 2 is 1.69 bits per heavy atom. The average Bonchev–Trinajstić information content (AvgIpc) is 2.72. The molecule has 3 aromatic carbocycles. The van der Waals surface area contributed by atoms with E-state index in [1.807, 2.05) is 66.7 Å². The lowest BCUT2D eigenvalue weighted by Crippen LogP contribution is -2.27. The molecule has 26 heavy (non-hydrogen) atoms. The maximum absolute atomic E-state index is 6.03. The molecule has 0 saturated heterocycles. The molecule has 1 aliphatic rings. The lowest BCUT2D eigenvalue weighted by atomic mass is 9.88. The van der Waals surface area contributed by atoms with E-state index in [1.165, 1.54) is 5.56 Å². The van der Waals surface area contributed by atoms with Gasteiger partial charge in [-0.3, -0.25) is 5.43 Å². The molecule has 1 aliphatic heterocycles. The number of benzene rings is 3. The fourth-order valence-corrected chi connectivity index (χ4v) is 3.12. The highest BCUT2D eigenvalue weighted by Gasteiger charge is 2.29. The number of fused-ring (bicyclic) bond motifs is 1. The number of hydrogen-bond acceptors (Lipinski definition) is 4. The quantitative estimate of drug-likeness (QED) is 0.698. The second kappa shape index (κ2) is 7.31. The van der Waals surface area contributed by atoms with Crippen molar-refractivity contribution in [1.29, 1.82) is 0 Å². The first-order valence-corrected chi connectivity index (χ1v) is 8.60. The third-order valence-corrected chi connectivity index (χ3v) is 4.48. The highest BCUT2D eigenvalue weighted by molar-refractivity contribution is 6.08. The summed E-state index contributed by atoms with van der Waals surface area (Å²) in [6, 6.07) is 26.1. The van der Waals surface area contributed by atoms with E-state index in [9.17, 15) is 0 Å². The van der Waals surface area contributed by atoms with Gasteiger partial charge in [0.1, 0.15) is 18.1 Å². The van der Waals surface area contributed by atoms with Gasteiger partial charge in [0.15, 0.2) is 0 Å². The first kappa shape index (κ1) is 16.2. The molecule has 0 bridgehead atoms. The summed E-state index contributed by atoms with van der Waals surface area (Å²) in [6.45, 7) is 0.541. The molecule has 0 aromatic heterocycles. The van der Waals surface area contributed by atoms with Crippen molar-refractivity contribution in [2.75, 3.05) is 19.1 Å². The summed E-state index contributed by atoms with van der Waals surface area (Å²) in [5, 5.41) is 4.75. The minimum atomic E-state index is 0.0632. The van der Waals surface area contributed by atoms with E-state index >= 15 is 0 Å². The van der Waals surface area contributed by atoms with Gasteiger partial charge in [0.05, 0.1) is 24.4 Å². The van der Waals surface area contributed by atoms with Crippen LogP contribution >= 0.6 is 0 Å². The third-order valence-electron chi connectivity index (χ3n) is 4.48. The molecule has 4 rings (SSSR count). The Bertz CT molecular complexity index is 908. The number of para-hydroxylation sites is 1. The lowest BCUT2D eigenvalue weighted by molar-refractivity contribution is 0.300. The van der Waals surface area contributed by atoms with Crippen LogP contribution in [-0.4, -0.2) is 19.4 Å². The summed E-state index contributed by atoms with van der Waals surface area (Å²) in [5.74, 6) is 1.63. The molecular formula is C22H20N2O2. The van der Waals surface area contributed by atoms with Crippen LogP contribution in [0.5, 0.6) is 11.5 Å². The molecule has 0 spiro atoms. The monoisotopic (exact) mass is 344 g/mol. The zero-order valence-electron chi connectivity index (χ0n) is 14.6. The lowest BCUT2D eigenvalue weighted by Gasteiger charge is -2.28. The number of nitrogens with zero attached hydrogens (tertiary/aromatic N) is 1. The van der Waals surface area contributed by atoms with Gasteiger partial charge >= 0.3 is 0 Å². The SMILES string of the molecule is COc1ccc2c(c1)OCC(c1ccccc1)C2=NNc1ccccc1. The van der Waals surface area contributed by atoms with E-state index in [-0.39, 0.29) is 5.92 Å². The minimum Gasteiger partial charge on any atom is -0.497 e. The maximum atomic E-state index is 6.03. The van der Waals surface area contributed by atoms with Crippen molar-refractivity contribution in [1.82, 2.24) is 0 Å². The predicted octanol–water partition coefficient (Wildman–Crippen LogP) is 4.69. The highest BCUT2D eigenvalue weighted by atomic mass is 16.5. The van der Waals surface area contributed by atoms with E-state index in [4.69, 9.17) is 14.6 Å². The average molecular weight is 344 g/mol. The van der Waals surface area contributed by atoms with E-state index < -0.39 is 0 Å². The molecule has 1 atom stereocenters. The number of anilines is 1. The van der Waals surface area contributed by atoms with Gasteiger partial charge in [0, 0.05) is 11.6 Å². The summed E-state index contributed by atoms with van der Waals surface area (Å²) >= 11 is 0. The number of ether oxygens (including phenoxy) is 2. The normalized spacial score (nSPS) is 17.3. The molecule has 0 amide bonds. The molecule has 0 radical (unpaired) electrons. The number of rotatable bonds is 4. The standard InChI is InChI=1S/C22H20N2O2/c1-25-18-12-13-19-21(14-18)26-15-20(16-8-4-2-5-9-16)22(19)24-23-17-10-6-3-7-11-17/h2-14,20,23H,15H2,1H3. The first-order valence-electron chi connectivity index (χ1n) is 8.60. The topological polar surface area (TPSA) is 42.9 Å². The van der Waals surface area contributed by atoms with Crippen LogP contribution in [0, 0.1) is 0 Å². The molecule has 0 aliphatic carbocycles. The van der Waals surface area contributed by atoms with Gasteiger partial charge in [0.2, 0.25) is 0 Å². The number of hydrogen-bond donors (Lipinski definition) is 1. The highest BCUT2D eigenvalue weighted by Crippen LogP contribution is 2.35. The molecule has 4 nitrogen and oxygen atoms in total. The molecular weight excluding hydrogens is 324 g/mol. The van der Waals surface area contributed by atoms with Crippen LogP contribution < -0.4 is 14.9 Å². The van der Waals surface area contributed by atoms with Crippen molar-refractivity contribution in [2.24, 2.45) is 5.10 Å². The zero-order valence-corrected chi connectivity index (χ0v) is 14.6. The van der Waals surface area contributed by atoms with Gasteiger partial charge in [-0.2, -0.15) is 5.10 Å². The van der Waals surface area contributed by atoms with Crippen LogP contribution in [0.25, 0.3) is 0 Å². The fourth-order valence-electron chi connectivity index (χ4n) is 3.12. The van der Waals surface area contributed by atoms with Crippen LogP contribution in [0.2, 0.25) is 0 Å². The first-order chi connectivity index (χ1) is 12.8. The Morgan fingerprint density at radius 1 is 0.962 bits per heavy atom. The molecule has 4 heteroatoms. The van der Waals surface area contributed by atoms with Crippen molar-refractivity contribution in [2.45, 2.75) is 5.92 Å². The largest absolute Gasteiger partial charge is 0.497 e. The summed E-state index contributed by atoms with van der Waals surface area (Å²) in [5.41, 5.74) is 7.26. The number of nitrogens with one attached hydrogen (secondary N) is 1. The molecule has 130 valence electrons. The molecule has 1 unspecified atom stereocenters. The van der Waals surface area contributed by atoms with Crippen molar-refractivity contribution in [3.8, 4) is 11.5 Å². The van der Waals surface area contributed by atoms with Crippen molar-refractivity contribution >= 4 is 11.4 Å². The Labute approximate surface area is 153 Å². The number of methoxy groups -OCH3 is 1. The van der Waals surface area contributed by atoms with Crippen molar-refractivity contribution in [3.63, 3.8) is 0 Å². The van der Waals surface area contributed by atoms with Crippen molar-refractivity contribution in [3.05, 3.63) is 90.0 Å².